The first-order chi connectivity index (χ1) is 15.1. The minimum Gasteiger partial charge on any atom is -0.394 e. The molecule has 1 aromatic carbocycles. The Morgan fingerprint density at radius 2 is 1.78 bits per heavy atom. The van der Waals surface area contributed by atoms with Gasteiger partial charge in [-0.1, -0.05) is 12.1 Å². The van der Waals surface area contributed by atoms with Crippen LogP contribution in [0, 0.1) is 23.2 Å². The van der Waals surface area contributed by atoms with Gasteiger partial charge in [-0.05, 0) is 80.2 Å². The zero-order chi connectivity index (χ0) is 21.2. The van der Waals surface area contributed by atoms with E-state index >= 15 is 0 Å². The van der Waals surface area contributed by atoms with Crippen LogP contribution < -0.4 is 5.69 Å². The fraction of sp³-hybridized carbons (Fsp3) is 0.720. The maximum absolute atomic E-state index is 13.3. The highest BCUT2D eigenvalue weighted by Gasteiger charge is 2.63. The number of imidazole rings is 1. The Morgan fingerprint density at radius 3 is 2.47 bits per heavy atom. The first-order valence-electron chi connectivity index (χ1n) is 12.3. The Kier molecular flexibility index (Phi) is 5.94. The molecule has 0 unspecified atom stereocenters. The number of nitrogens with zero attached hydrogens (tertiary/aromatic N) is 3. The van der Waals surface area contributed by atoms with Gasteiger partial charge < -0.3 is 15.1 Å². The Balaban J connectivity index is 0.00000216. The summed E-state index contributed by atoms with van der Waals surface area (Å²) in [5, 5.41) is 19.2. The first kappa shape index (κ1) is 22.5. The number of halogens is 1. The van der Waals surface area contributed by atoms with Gasteiger partial charge in [0.1, 0.15) is 0 Å². The van der Waals surface area contributed by atoms with Gasteiger partial charge in [0.05, 0.1) is 30.3 Å². The molecule has 1 spiro atoms. The second kappa shape index (κ2) is 8.46. The van der Waals surface area contributed by atoms with Crippen LogP contribution >= 0.6 is 12.4 Å². The lowest BCUT2D eigenvalue weighted by Gasteiger charge is -2.39. The average Bonchev–Trinajstić information content (AvgIpc) is 3.21. The molecule has 2 bridgehead atoms. The van der Waals surface area contributed by atoms with Crippen LogP contribution in [-0.4, -0.2) is 56.6 Å². The molecule has 3 saturated carbocycles. The fourth-order valence-corrected chi connectivity index (χ4v) is 7.60. The number of rotatable bonds is 6. The topological polar surface area (TPSA) is 70.6 Å². The fourth-order valence-electron chi connectivity index (χ4n) is 7.60. The molecular formula is C25H36ClN3O3. The van der Waals surface area contributed by atoms with Crippen LogP contribution in [0.1, 0.15) is 51.0 Å². The molecule has 0 radical (unpaired) electrons. The number of aliphatic hydroxyl groups excluding tert-OH is 2. The molecule has 2 N–H and O–H groups in total. The molecule has 6 rings (SSSR count). The van der Waals surface area contributed by atoms with E-state index in [1.165, 1.54) is 38.6 Å². The van der Waals surface area contributed by atoms with E-state index in [4.69, 9.17) is 0 Å². The predicted octanol–water partition coefficient (Wildman–Crippen LogP) is 3.04. The number of hydrogen-bond donors (Lipinski definition) is 2. The SMILES string of the molecule is Cl.O=c1n(C[C@H](O)CO)c2ccccc2n1C1CCN(C[C@H]2[C@H]3CC[C@H](C3)C23CC3)CC1. The lowest BCUT2D eigenvalue weighted by Crippen LogP contribution is -2.42. The van der Waals surface area contributed by atoms with E-state index < -0.39 is 6.10 Å². The van der Waals surface area contributed by atoms with E-state index in [1.54, 1.807) is 4.57 Å². The Morgan fingerprint density at radius 1 is 1.06 bits per heavy atom. The molecule has 1 saturated heterocycles. The first-order valence-corrected chi connectivity index (χ1v) is 12.3. The predicted molar refractivity (Wildman–Crippen MR) is 127 cm³/mol. The molecule has 0 amide bonds. The summed E-state index contributed by atoms with van der Waals surface area (Å²) in [6.07, 6.45) is 8.48. The Labute approximate surface area is 195 Å². The third-order valence-corrected chi connectivity index (χ3v) is 9.27. The average molecular weight is 462 g/mol. The van der Waals surface area contributed by atoms with Gasteiger partial charge in [0.2, 0.25) is 0 Å². The van der Waals surface area contributed by atoms with Crippen LogP contribution in [-0.2, 0) is 6.54 Å². The molecule has 32 heavy (non-hydrogen) atoms. The van der Waals surface area contributed by atoms with Crippen molar-refractivity contribution < 1.29 is 10.2 Å². The van der Waals surface area contributed by atoms with E-state index in [0.717, 1.165) is 60.1 Å². The van der Waals surface area contributed by atoms with Crippen LogP contribution in [0.2, 0.25) is 0 Å². The number of aromatic nitrogens is 2. The maximum atomic E-state index is 13.3. The van der Waals surface area contributed by atoms with Gasteiger partial charge in [-0.2, -0.15) is 0 Å². The molecule has 4 atom stereocenters. The third-order valence-electron chi connectivity index (χ3n) is 9.27. The van der Waals surface area contributed by atoms with Crippen LogP contribution in [0.3, 0.4) is 0 Å². The molecule has 6 nitrogen and oxygen atoms in total. The van der Waals surface area contributed by atoms with E-state index in [1.807, 2.05) is 28.8 Å². The van der Waals surface area contributed by atoms with E-state index in [9.17, 15) is 15.0 Å². The minimum absolute atomic E-state index is 0. The van der Waals surface area contributed by atoms with Gasteiger partial charge in [0, 0.05) is 25.7 Å². The highest BCUT2D eigenvalue weighted by Crippen LogP contribution is 2.71. The molecule has 4 fully saturated rings. The van der Waals surface area contributed by atoms with Gasteiger partial charge in [0.15, 0.2) is 0 Å². The summed E-state index contributed by atoms with van der Waals surface area (Å²) in [4.78, 5) is 16.0. The largest absolute Gasteiger partial charge is 0.394 e. The van der Waals surface area contributed by atoms with Crippen molar-refractivity contribution in [2.45, 2.75) is 63.6 Å². The number of fused-ring (bicyclic) bond motifs is 4. The van der Waals surface area contributed by atoms with E-state index in [2.05, 4.69) is 4.90 Å². The van der Waals surface area contributed by atoms with Crippen molar-refractivity contribution in [1.82, 2.24) is 14.0 Å². The van der Waals surface area contributed by atoms with Crippen molar-refractivity contribution >= 4 is 23.4 Å². The third kappa shape index (κ3) is 3.46. The second-order valence-electron chi connectivity index (χ2n) is 10.7. The molecule has 4 aliphatic rings. The van der Waals surface area contributed by atoms with Gasteiger partial charge in [0.25, 0.3) is 0 Å². The molecule has 2 heterocycles. The number of likely N-dealkylation sites (tertiary alicyclic amines) is 1. The van der Waals surface area contributed by atoms with Gasteiger partial charge in [-0.15, -0.1) is 12.4 Å². The van der Waals surface area contributed by atoms with Crippen LogP contribution in [0.25, 0.3) is 11.0 Å². The summed E-state index contributed by atoms with van der Waals surface area (Å²) >= 11 is 0. The summed E-state index contributed by atoms with van der Waals surface area (Å²) in [5.41, 5.74) is 2.45. The summed E-state index contributed by atoms with van der Waals surface area (Å²) in [6, 6.07) is 8.06. The number of hydrogen-bond acceptors (Lipinski definition) is 4. The number of para-hydroxylation sites is 2. The Hall–Kier alpha value is -1.34. The zero-order valence-electron chi connectivity index (χ0n) is 18.7. The van der Waals surface area contributed by atoms with Crippen LogP contribution in [0.15, 0.2) is 29.1 Å². The molecular weight excluding hydrogens is 426 g/mol. The standard InChI is InChI=1S/C25H35N3O3.ClH/c29-16-20(30)14-27-22-3-1-2-4-23(22)28(24(27)31)19-7-11-26(12-8-19)15-21-17-5-6-18(13-17)25(21)9-10-25;/h1-4,17-21,29-30H,5-16H2;1H/t17-,18+,20-,21-;/m0./s1. The van der Waals surface area contributed by atoms with Crippen LogP contribution in [0.5, 0.6) is 0 Å². The van der Waals surface area contributed by atoms with Gasteiger partial charge >= 0.3 is 5.69 Å². The molecule has 3 aliphatic carbocycles. The maximum Gasteiger partial charge on any atom is 0.329 e. The summed E-state index contributed by atoms with van der Waals surface area (Å²) in [6.45, 7) is 3.20. The number of aliphatic hydroxyl groups is 2. The van der Waals surface area contributed by atoms with Crippen molar-refractivity contribution in [3.8, 4) is 0 Å². The van der Waals surface area contributed by atoms with E-state index in [-0.39, 0.29) is 37.3 Å². The van der Waals surface area contributed by atoms with Crippen LogP contribution in [0.4, 0.5) is 0 Å². The second-order valence-corrected chi connectivity index (χ2v) is 10.7. The monoisotopic (exact) mass is 461 g/mol. The summed E-state index contributed by atoms with van der Waals surface area (Å²) in [5.74, 6) is 2.93. The molecule has 1 aliphatic heterocycles. The highest BCUT2D eigenvalue weighted by molar-refractivity contribution is 5.85. The van der Waals surface area contributed by atoms with Crippen molar-refractivity contribution in [1.29, 1.82) is 0 Å². The summed E-state index contributed by atoms with van der Waals surface area (Å²) < 4.78 is 3.59. The number of piperidine rings is 1. The van der Waals surface area contributed by atoms with Crippen molar-refractivity contribution in [3.63, 3.8) is 0 Å². The normalized spacial score (nSPS) is 30.1. The van der Waals surface area contributed by atoms with E-state index in [0.29, 0.717) is 0 Å². The molecule has 2 aromatic rings. The smallest absolute Gasteiger partial charge is 0.329 e. The number of benzene rings is 1. The van der Waals surface area contributed by atoms with Crippen molar-refractivity contribution in [2.75, 3.05) is 26.2 Å². The quantitative estimate of drug-likeness (QED) is 0.693. The Bertz CT molecular complexity index is 1020. The molecule has 7 heteroatoms. The minimum atomic E-state index is -0.921. The van der Waals surface area contributed by atoms with Crippen molar-refractivity contribution in [2.24, 2.45) is 23.2 Å². The summed E-state index contributed by atoms with van der Waals surface area (Å²) in [7, 11) is 0. The van der Waals surface area contributed by atoms with Crippen molar-refractivity contribution in [3.05, 3.63) is 34.7 Å². The zero-order valence-corrected chi connectivity index (χ0v) is 19.6. The lowest BCUT2D eigenvalue weighted by atomic mass is 9.76. The molecule has 1 aromatic heterocycles. The molecule has 176 valence electrons. The highest BCUT2D eigenvalue weighted by atomic mass is 35.5. The van der Waals surface area contributed by atoms with Gasteiger partial charge in [-0.3, -0.25) is 9.13 Å². The lowest BCUT2D eigenvalue weighted by molar-refractivity contribution is 0.0806. The van der Waals surface area contributed by atoms with Gasteiger partial charge in [-0.25, -0.2) is 4.79 Å².